The first-order valence-corrected chi connectivity index (χ1v) is 9.67. The molecule has 1 aliphatic rings. The van der Waals surface area contributed by atoms with Gasteiger partial charge in [0.15, 0.2) is 6.61 Å². The lowest BCUT2D eigenvalue weighted by Crippen LogP contribution is -2.46. The molecule has 3 amide bonds. The topological polar surface area (TPSA) is 102 Å². The fourth-order valence-corrected chi connectivity index (χ4v) is 3.35. The average Bonchev–Trinajstić information content (AvgIpc) is 2.94. The Morgan fingerprint density at radius 3 is 2.62 bits per heavy atom. The van der Waals surface area contributed by atoms with Crippen LogP contribution in [0.2, 0.25) is 5.02 Å². The second kappa shape index (κ2) is 9.26. The molecule has 9 heteroatoms. The van der Waals surface area contributed by atoms with Crippen molar-refractivity contribution in [3.63, 3.8) is 0 Å². The minimum absolute atomic E-state index is 0.0787. The summed E-state index contributed by atoms with van der Waals surface area (Å²) in [4.78, 5) is 49.2. The molecule has 158 valence electrons. The van der Waals surface area contributed by atoms with Crippen LogP contribution >= 0.6 is 11.6 Å². The SMILES string of the molecule is CCCC(C(=O)NC=O)N1Cc2c(ccc(Cl)c2OCC(=O)OC(C)(C)C)C1=O. The van der Waals surface area contributed by atoms with Crippen LogP contribution in [-0.4, -0.2) is 47.3 Å². The van der Waals surface area contributed by atoms with E-state index >= 15 is 0 Å². The normalized spacial score (nSPS) is 14.2. The van der Waals surface area contributed by atoms with Crippen LogP contribution in [-0.2, 0) is 25.7 Å². The Hall–Kier alpha value is -2.61. The van der Waals surface area contributed by atoms with Crippen LogP contribution in [0.15, 0.2) is 12.1 Å². The molecule has 0 aromatic heterocycles. The zero-order valence-corrected chi connectivity index (χ0v) is 17.7. The highest BCUT2D eigenvalue weighted by atomic mass is 35.5. The number of benzene rings is 1. The lowest BCUT2D eigenvalue weighted by atomic mass is 10.1. The summed E-state index contributed by atoms with van der Waals surface area (Å²) in [6.07, 6.45) is 1.33. The summed E-state index contributed by atoms with van der Waals surface area (Å²) < 4.78 is 10.8. The van der Waals surface area contributed by atoms with E-state index in [1.807, 2.05) is 6.92 Å². The first-order chi connectivity index (χ1) is 13.6. The van der Waals surface area contributed by atoms with Crippen molar-refractivity contribution in [2.75, 3.05) is 6.61 Å². The van der Waals surface area contributed by atoms with Gasteiger partial charge in [0.2, 0.25) is 12.3 Å². The highest BCUT2D eigenvalue weighted by Crippen LogP contribution is 2.38. The quantitative estimate of drug-likeness (QED) is 0.508. The Morgan fingerprint density at radius 1 is 1.34 bits per heavy atom. The van der Waals surface area contributed by atoms with Crippen LogP contribution in [0.4, 0.5) is 0 Å². The zero-order valence-electron chi connectivity index (χ0n) is 16.9. The van der Waals surface area contributed by atoms with Crippen LogP contribution in [0, 0.1) is 0 Å². The summed E-state index contributed by atoms with van der Waals surface area (Å²) in [5.41, 5.74) is 0.175. The predicted octanol–water partition coefficient (Wildman–Crippen LogP) is 2.46. The van der Waals surface area contributed by atoms with Gasteiger partial charge in [-0.05, 0) is 39.3 Å². The van der Waals surface area contributed by atoms with E-state index in [-0.39, 0.29) is 29.8 Å². The molecule has 0 saturated heterocycles. The van der Waals surface area contributed by atoms with Gasteiger partial charge in [-0.25, -0.2) is 4.79 Å². The molecule has 1 heterocycles. The maximum Gasteiger partial charge on any atom is 0.344 e. The molecule has 8 nitrogen and oxygen atoms in total. The number of halogens is 1. The van der Waals surface area contributed by atoms with Crippen molar-refractivity contribution in [3.8, 4) is 5.75 Å². The highest BCUT2D eigenvalue weighted by molar-refractivity contribution is 6.32. The van der Waals surface area contributed by atoms with E-state index in [4.69, 9.17) is 21.1 Å². The molecule has 1 unspecified atom stereocenters. The molecule has 0 spiro atoms. The number of amides is 3. The van der Waals surface area contributed by atoms with Gasteiger partial charge in [0, 0.05) is 11.1 Å². The van der Waals surface area contributed by atoms with Gasteiger partial charge in [-0.3, -0.25) is 19.7 Å². The molecule has 0 fully saturated rings. The van der Waals surface area contributed by atoms with E-state index in [9.17, 15) is 19.2 Å². The molecule has 29 heavy (non-hydrogen) atoms. The van der Waals surface area contributed by atoms with Crippen molar-refractivity contribution in [2.24, 2.45) is 0 Å². The monoisotopic (exact) mass is 424 g/mol. The molecule has 1 aliphatic heterocycles. The predicted molar refractivity (Wildman–Crippen MR) is 106 cm³/mol. The van der Waals surface area contributed by atoms with Crippen molar-refractivity contribution in [3.05, 3.63) is 28.3 Å². The molecule has 0 aliphatic carbocycles. The summed E-state index contributed by atoms with van der Waals surface area (Å²) in [6, 6.07) is 2.26. The summed E-state index contributed by atoms with van der Waals surface area (Å²) in [5, 5.41) is 2.35. The fraction of sp³-hybridized carbons (Fsp3) is 0.500. The van der Waals surface area contributed by atoms with Crippen molar-refractivity contribution >= 4 is 35.8 Å². The highest BCUT2D eigenvalue weighted by Gasteiger charge is 2.38. The Morgan fingerprint density at radius 2 is 2.03 bits per heavy atom. The molecule has 1 aromatic rings. The Bertz CT molecular complexity index is 818. The number of hydrogen-bond donors (Lipinski definition) is 1. The average molecular weight is 425 g/mol. The molecule has 0 saturated carbocycles. The number of fused-ring (bicyclic) bond motifs is 1. The van der Waals surface area contributed by atoms with Gasteiger partial charge in [0.1, 0.15) is 17.4 Å². The van der Waals surface area contributed by atoms with E-state index in [0.29, 0.717) is 30.4 Å². The van der Waals surface area contributed by atoms with Crippen LogP contribution in [0.5, 0.6) is 5.75 Å². The molecule has 1 N–H and O–H groups in total. The van der Waals surface area contributed by atoms with Gasteiger partial charge in [-0.15, -0.1) is 0 Å². The van der Waals surface area contributed by atoms with Gasteiger partial charge in [-0.2, -0.15) is 0 Å². The molecular weight excluding hydrogens is 400 g/mol. The molecule has 0 bridgehead atoms. The van der Waals surface area contributed by atoms with Gasteiger partial charge < -0.3 is 14.4 Å². The van der Waals surface area contributed by atoms with E-state index in [1.54, 1.807) is 26.8 Å². The Kier molecular flexibility index (Phi) is 7.24. The van der Waals surface area contributed by atoms with Crippen LogP contribution in [0.25, 0.3) is 0 Å². The number of nitrogens with one attached hydrogen (secondary N) is 1. The van der Waals surface area contributed by atoms with Gasteiger partial charge in [0.25, 0.3) is 5.91 Å². The Labute approximate surface area is 174 Å². The summed E-state index contributed by atoms with van der Waals surface area (Å²) in [7, 11) is 0. The van der Waals surface area contributed by atoms with Crippen molar-refractivity contribution < 1.29 is 28.7 Å². The second-order valence-electron chi connectivity index (χ2n) is 7.64. The number of rotatable bonds is 8. The number of imide groups is 1. The van der Waals surface area contributed by atoms with E-state index < -0.39 is 23.5 Å². The number of hydrogen-bond acceptors (Lipinski definition) is 6. The van der Waals surface area contributed by atoms with Gasteiger partial charge in [0.05, 0.1) is 11.6 Å². The number of carbonyl (C=O) groups is 4. The van der Waals surface area contributed by atoms with Crippen molar-refractivity contribution in [1.29, 1.82) is 0 Å². The second-order valence-corrected chi connectivity index (χ2v) is 8.05. The minimum Gasteiger partial charge on any atom is -0.480 e. The maximum atomic E-state index is 12.9. The third kappa shape index (κ3) is 5.47. The lowest BCUT2D eigenvalue weighted by molar-refractivity contribution is -0.157. The first-order valence-electron chi connectivity index (χ1n) is 9.30. The van der Waals surface area contributed by atoms with Crippen molar-refractivity contribution in [2.45, 2.75) is 58.7 Å². The molecule has 1 aromatic carbocycles. The lowest BCUT2D eigenvalue weighted by Gasteiger charge is -2.25. The largest absolute Gasteiger partial charge is 0.480 e. The fourth-order valence-electron chi connectivity index (χ4n) is 3.12. The smallest absolute Gasteiger partial charge is 0.344 e. The molecule has 2 rings (SSSR count). The number of carbonyl (C=O) groups excluding carboxylic acids is 4. The summed E-state index contributed by atoms with van der Waals surface area (Å²) in [6.45, 7) is 6.81. The van der Waals surface area contributed by atoms with E-state index in [0.717, 1.165) is 0 Å². The third-order valence-electron chi connectivity index (χ3n) is 4.23. The standard InChI is InChI=1S/C20H25ClN2O6/c1-5-6-15(18(26)22-11-24)23-9-13-12(19(23)27)7-8-14(21)17(13)28-10-16(25)29-20(2,3)4/h7-8,11,15H,5-6,9-10H2,1-4H3,(H,22,24,26). The van der Waals surface area contributed by atoms with Crippen LogP contribution in [0.3, 0.4) is 0 Å². The van der Waals surface area contributed by atoms with Crippen molar-refractivity contribution in [1.82, 2.24) is 10.2 Å². The maximum absolute atomic E-state index is 12.9. The van der Waals surface area contributed by atoms with E-state index in [2.05, 4.69) is 5.32 Å². The molecule has 0 radical (unpaired) electrons. The Balaban J connectivity index is 2.26. The van der Waals surface area contributed by atoms with E-state index in [1.165, 1.54) is 11.0 Å². The minimum atomic E-state index is -0.803. The third-order valence-corrected chi connectivity index (χ3v) is 4.53. The number of ether oxygens (including phenoxy) is 2. The molecular formula is C20H25ClN2O6. The van der Waals surface area contributed by atoms with Crippen LogP contribution < -0.4 is 10.1 Å². The van der Waals surface area contributed by atoms with Gasteiger partial charge in [-0.1, -0.05) is 24.9 Å². The van der Waals surface area contributed by atoms with Crippen LogP contribution in [0.1, 0.15) is 56.5 Å². The first kappa shape index (κ1) is 22.7. The molecule has 1 atom stereocenters. The number of esters is 1. The van der Waals surface area contributed by atoms with Gasteiger partial charge >= 0.3 is 5.97 Å². The number of nitrogens with zero attached hydrogens (tertiary/aromatic N) is 1. The summed E-state index contributed by atoms with van der Waals surface area (Å²) >= 11 is 6.24. The zero-order chi connectivity index (χ0) is 21.8. The summed E-state index contributed by atoms with van der Waals surface area (Å²) in [5.74, 6) is -1.28.